The maximum absolute atomic E-state index is 9.61. The largest absolute Gasteiger partial charge is 0.396 e. The standard InChI is InChI=1S/C25H19N5O.C24H17N5O.C23H14ClN5.C23H15N5.C21H17N5O/c31-11-10-15-5-3-7-22-23(15)28-25(27-22)24-19-12-16(8-9-21(19)29-30-24)20-14-26-13-17-4-1-2-6-18(17)20;30-13-16-5-3-7-21-22(16)27-24(26-21)23-18-10-14(8-9-20(18)28-29-23)19-12-25-11-15-4-1-2-6-17(15)19;24-18-6-3-7-20-22(18)27-23(26-20)21-16-10-13(8-9-19(16)28-29-21)17-12-25-11-14-4-1-2-5-15(14)17;1-2-6-16-15(5-1)12-24-13-18(16)14-9-10-19-17(11-14)22(28-27-19)23-25-20-7-3-4-8-21(20)26-23;1-12-14(11-27)9-22-10-16(12)13-6-7-17-15(8-13)20(26-25-17)21-23-18-4-2-3-5-19(18)24-21/h1-9,12-14,31H,10-11H2,(H,27,28)(H,29,30);1-12,30H,13H2,(H,26,27)(H,28,29);1-12H,(H,26,27)(H,28,29);1-13H,(H,25,26)(H,27,28);2-10,27H,11H2,1H3,(H,23,24)(H,25,26). The molecule has 15 aromatic heterocycles. The van der Waals surface area contributed by atoms with E-state index in [1.807, 2.05) is 239 Å². The van der Waals surface area contributed by atoms with Crippen molar-refractivity contribution < 1.29 is 15.3 Å². The minimum atomic E-state index is -0.0544. The van der Waals surface area contributed by atoms with Crippen molar-refractivity contribution in [3.63, 3.8) is 0 Å². The Labute approximate surface area is 827 Å². The lowest BCUT2D eigenvalue weighted by molar-refractivity contribution is 0.280. The van der Waals surface area contributed by atoms with Gasteiger partial charge in [0.1, 0.15) is 34.0 Å². The molecule has 29 aromatic rings. The van der Waals surface area contributed by atoms with E-state index in [2.05, 4.69) is 226 Å². The van der Waals surface area contributed by atoms with E-state index in [9.17, 15) is 15.3 Å². The summed E-state index contributed by atoms with van der Waals surface area (Å²) >= 11 is 6.29. The zero-order valence-electron chi connectivity index (χ0n) is 77.2. The van der Waals surface area contributed by atoms with Gasteiger partial charge in [0.15, 0.2) is 29.1 Å². The molecular formula is C116H82ClN25O3. The lowest BCUT2D eigenvalue weighted by atomic mass is 9.98. The van der Waals surface area contributed by atoms with Crippen molar-refractivity contribution in [2.75, 3.05) is 6.61 Å². The molecule has 696 valence electrons. The Morgan fingerprint density at radius 1 is 0.241 bits per heavy atom. The fourth-order valence-corrected chi connectivity index (χ4v) is 19.5. The molecule has 13 N–H and O–H groups in total. The average Bonchev–Trinajstić information content (AvgIpc) is 1.63. The van der Waals surface area contributed by atoms with Crippen molar-refractivity contribution >= 4 is 164 Å². The molecule has 0 spiro atoms. The molecule has 0 bridgehead atoms. The lowest BCUT2D eigenvalue weighted by Crippen LogP contribution is -1.94. The van der Waals surface area contributed by atoms with Gasteiger partial charge in [0.05, 0.1) is 95.5 Å². The number of nitrogens with one attached hydrogen (secondary N) is 10. The maximum Gasteiger partial charge on any atom is 0.159 e. The highest BCUT2D eigenvalue weighted by molar-refractivity contribution is 6.35. The van der Waals surface area contributed by atoms with Crippen molar-refractivity contribution in [2.24, 2.45) is 0 Å². The Morgan fingerprint density at radius 2 is 0.531 bits per heavy atom. The molecular weight excluding hydrogens is 1830 g/mol. The minimum Gasteiger partial charge on any atom is -0.396 e. The second-order valence-corrected chi connectivity index (χ2v) is 35.7. The first-order chi connectivity index (χ1) is 71.5. The molecule has 0 saturated heterocycles. The zero-order chi connectivity index (χ0) is 97.1. The molecule has 15 heterocycles. The predicted molar refractivity (Wildman–Crippen MR) is 574 cm³/mol. The summed E-state index contributed by atoms with van der Waals surface area (Å²) < 4.78 is 0. The van der Waals surface area contributed by atoms with Crippen LogP contribution in [0.15, 0.2) is 353 Å². The molecule has 0 aliphatic carbocycles. The van der Waals surface area contributed by atoms with Gasteiger partial charge in [-0.05, 0) is 189 Å². The Bertz CT molecular complexity index is 9950. The van der Waals surface area contributed by atoms with Gasteiger partial charge in [-0.3, -0.25) is 50.4 Å². The Hall–Kier alpha value is -19.3. The summed E-state index contributed by atoms with van der Waals surface area (Å²) in [6.45, 7) is 2.02. The first kappa shape index (κ1) is 87.3. The second-order valence-electron chi connectivity index (χ2n) is 35.3. The smallest absolute Gasteiger partial charge is 0.159 e. The summed E-state index contributed by atoms with van der Waals surface area (Å²) in [6.07, 6.45) is 19.3. The molecule has 0 saturated carbocycles. The fourth-order valence-electron chi connectivity index (χ4n) is 19.3. The van der Waals surface area contributed by atoms with Crippen molar-refractivity contribution in [3.8, 4) is 113 Å². The van der Waals surface area contributed by atoms with Gasteiger partial charge in [-0.25, -0.2) is 24.9 Å². The van der Waals surface area contributed by atoms with Crippen LogP contribution >= 0.6 is 11.6 Å². The number of nitrogens with zero attached hydrogens (tertiary/aromatic N) is 15. The molecule has 0 atom stereocenters. The van der Waals surface area contributed by atoms with Crippen LogP contribution in [0.5, 0.6) is 0 Å². The normalized spacial score (nSPS) is 11.6. The van der Waals surface area contributed by atoms with Gasteiger partial charge in [-0.15, -0.1) is 0 Å². The number of imidazole rings is 5. The summed E-state index contributed by atoms with van der Waals surface area (Å²) in [5, 5.41) is 81.4. The van der Waals surface area contributed by atoms with Crippen LogP contribution in [0.1, 0.15) is 22.3 Å². The highest BCUT2D eigenvalue weighted by Crippen LogP contribution is 2.42. The molecule has 14 aromatic carbocycles. The predicted octanol–water partition coefficient (Wildman–Crippen LogP) is 24.9. The van der Waals surface area contributed by atoms with Crippen LogP contribution < -0.4 is 0 Å². The number of aliphatic hydroxyl groups is 3. The highest BCUT2D eigenvalue weighted by Gasteiger charge is 2.24. The summed E-state index contributed by atoms with van der Waals surface area (Å²) in [6, 6.07) is 97.6. The molecule has 29 rings (SSSR count). The average molecular weight is 1910 g/mol. The number of H-pyrrole nitrogens is 10. The van der Waals surface area contributed by atoms with E-state index in [1.54, 1.807) is 6.20 Å². The van der Waals surface area contributed by atoms with Gasteiger partial charge in [-0.1, -0.05) is 194 Å². The van der Waals surface area contributed by atoms with E-state index in [4.69, 9.17) is 26.6 Å². The Kier molecular flexibility index (Phi) is 22.4. The molecule has 0 aliphatic rings. The quantitative estimate of drug-likeness (QED) is 0.0481. The van der Waals surface area contributed by atoms with Gasteiger partial charge in [0, 0.05) is 150 Å². The first-order valence-corrected chi connectivity index (χ1v) is 47.4. The number of aromatic amines is 10. The van der Waals surface area contributed by atoms with Crippen LogP contribution in [0.25, 0.3) is 266 Å². The van der Waals surface area contributed by atoms with Crippen LogP contribution in [0.4, 0.5) is 0 Å². The van der Waals surface area contributed by atoms with Crippen LogP contribution in [0.3, 0.4) is 0 Å². The van der Waals surface area contributed by atoms with E-state index in [1.165, 1.54) is 16.2 Å². The summed E-state index contributed by atoms with van der Waals surface area (Å²) in [5.41, 5.74) is 32.0. The third kappa shape index (κ3) is 16.3. The van der Waals surface area contributed by atoms with Crippen molar-refractivity contribution in [2.45, 2.75) is 26.6 Å². The van der Waals surface area contributed by atoms with Crippen LogP contribution in [0.2, 0.25) is 5.02 Å². The van der Waals surface area contributed by atoms with Gasteiger partial charge in [0.2, 0.25) is 0 Å². The summed E-state index contributed by atoms with van der Waals surface area (Å²) in [4.78, 5) is 62.3. The number of fused-ring (bicyclic) bond motifs is 14. The highest BCUT2D eigenvalue weighted by atomic mass is 35.5. The molecule has 29 heteroatoms. The number of hydrogen-bond donors (Lipinski definition) is 13. The third-order valence-corrected chi connectivity index (χ3v) is 26.9. The van der Waals surface area contributed by atoms with E-state index in [-0.39, 0.29) is 19.8 Å². The number of rotatable bonds is 14. The number of halogens is 1. The van der Waals surface area contributed by atoms with Crippen LogP contribution in [-0.4, -0.2) is 148 Å². The zero-order valence-corrected chi connectivity index (χ0v) is 78.0. The van der Waals surface area contributed by atoms with E-state index in [0.717, 1.165) is 255 Å². The SMILES string of the molecule is Cc1c(CO)cncc1-c1ccc2[nH]nc(-c3nc4ccccc4[nH]3)c2c1.Clc1cccc2[nH]c(-c3n[nH]c4ccc(-c5cncc6ccccc56)cc34)nc12.OCCc1cccc2[nH]c(-c3n[nH]c4ccc(-c5cncc6ccccc56)cc34)nc12.OCc1cccc2[nH]c(-c3n[nH]c4ccc(-c5cncc6ccccc56)cc34)nc12.c1ccc2c(-c3ccc4[nH]nc(-c5nc6ccccc6[nH]5)c4c3)cncc2c1. The van der Waals surface area contributed by atoms with Crippen molar-refractivity contribution in [1.82, 2.24) is 126 Å². The molecule has 0 fully saturated rings. The molecule has 0 radical (unpaired) electrons. The topological polar surface area (TPSA) is 412 Å². The van der Waals surface area contributed by atoms with Gasteiger partial charge < -0.3 is 40.2 Å². The Balaban J connectivity index is 0.0000000948. The summed E-state index contributed by atoms with van der Waals surface area (Å²) in [7, 11) is 0. The fraction of sp³-hybridized carbons (Fsp3) is 0.0431. The Morgan fingerprint density at radius 3 is 0.890 bits per heavy atom. The van der Waals surface area contributed by atoms with E-state index >= 15 is 0 Å². The lowest BCUT2D eigenvalue weighted by Gasteiger charge is -2.09. The molecule has 0 unspecified atom stereocenters. The molecule has 0 aliphatic heterocycles. The van der Waals surface area contributed by atoms with Crippen molar-refractivity contribution in [3.05, 3.63) is 380 Å². The second kappa shape index (κ2) is 37.2. The summed E-state index contributed by atoms with van der Waals surface area (Å²) in [5.74, 6) is 3.57. The molecule has 0 amide bonds. The van der Waals surface area contributed by atoms with Crippen LogP contribution in [-0.2, 0) is 19.6 Å². The van der Waals surface area contributed by atoms with Crippen LogP contribution in [0, 0.1) is 6.92 Å². The van der Waals surface area contributed by atoms with Gasteiger partial charge in [0.25, 0.3) is 0 Å². The van der Waals surface area contributed by atoms with E-state index in [0.29, 0.717) is 28.9 Å². The number of hydrogen-bond acceptors (Lipinski definition) is 18. The number of benzene rings is 14. The van der Waals surface area contributed by atoms with Crippen molar-refractivity contribution in [1.29, 1.82) is 0 Å². The minimum absolute atomic E-state index is 0.0230. The maximum atomic E-state index is 9.61. The molecule has 145 heavy (non-hydrogen) atoms. The number of aromatic nitrogens is 25. The van der Waals surface area contributed by atoms with E-state index < -0.39 is 0 Å². The number of para-hydroxylation sites is 7. The van der Waals surface area contributed by atoms with Gasteiger partial charge >= 0.3 is 0 Å². The monoisotopic (exact) mass is 1910 g/mol. The number of pyridine rings is 5. The molecule has 28 nitrogen and oxygen atoms in total. The van der Waals surface area contributed by atoms with Gasteiger partial charge in [-0.2, -0.15) is 25.5 Å². The number of aliphatic hydroxyl groups excluding tert-OH is 3. The first-order valence-electron chi connectivity index (χ1n) is 47.0. The third-order valence-electron chi connectivity index (χ3n) is 26.6.